The van der Waals surface area contributed by atoms with E-state index in [1.807, 2.05) is 12.1 Å². The van der Waals surface area contributed by atoms with Crippen LogP contribution < -0.4 is 0 Å². The van der Waals surface area contributed by atoms with Crippen molar-refractivity contribution in [3.63, 3.8) is 0 Å². The van der Waals surface area contributed by atoms with Gasteiger partial charge < -0.3 is 4.23 Å². The molecule has 0 aliphatic carbocycles. The summed E-state index contributed by atoms with van der Waals surface area (Å²) in [4.78, 5) is 11.2. The molecule has 0 aliphatic heterocycles. The van der Waals surface area contributed by atoms with Gasteiger partial charge in [0.25, 0.3) is 0 Å². The quantitative estimate of drug-likeness (QED) is 0.649. The normalized spacial score (nSPS) is 12.8. The zero-order chi connectivity index (χ0) is 14.8. The first kappa shape index (κ1) is 16.7. The highest BCUT2D eigenvalue weighted by molar-refractivity contribution is 7.97. The molecule has 0 aromatic heterocycles. The van der Waals surface area contributed by atoms with Crippen LogP contribution in [0.1, 0.15) is 15.9 Å². The molecule has 106 valence electrons. The summed E-state index contributed by atoms with van der Waals surface area (Å²) in [5.74, 6) is 0. The van der Waals surface area contributed by atoms with Crippen LogP contribution in [0.15, 0.2) is 24.3 Å². The molecular formula is C14H25NOSSi2. The average molecular weight is 312 g/mol. The Bertz CT molecular complexity index is 432. The molecule has 19 heavy (non-hydrogen) atoms. The minimum Gasteiger partial charge on any atom is -0.342 e. The summed E-state index contributed by atoms with van der Waals surface area (Å²) in [5.41, 5.74) is 1.95. The van der Waals surface area contributed by atoms with Crippen LogP contribution in [-0.4, -0.2) is 25.8 Å². The van der Waals surface area contributed by atoms with Crippen LogP contribution in [0.5, 0.6) is 0 Å². The molecular weight excluding hydrogens is 286 g/mol. The average Bonchev–Trinajstić information content (AvgIpc) is 2.23. The van der Waals surface area contributed by atoms with Gasteiger partial charge in [-0.25, -0.2) is 0 Å². The molecule has 2 nitrogen and oxygen atoms in total. The van der Waals surface area contributed by atoms with E-state index in [1.165, 1.54) is 5.56 Å². The maximum Gasteiger partial charge on any atom is 0.216 e. The molecule has 1 aromatic carbocycles. The van der Waals surface area contributed by atoms with Gasteiger partial charge in [-0.2, -0.15) is 0 Å². The summed E-state index contributed by atoms with van der Waals surface area (Å²) < 4.78 is 2.73. The Kier molecular flexibility index (Phi) is 5.23. The highest BCUT2D eigenvalue weighted by Gasteiger charge is 2.34. The van der Waals surface area contributed by atoms with Crippen LogP contribution in [0.4, 0.5) is 0 Å². The number of carbonyl (C=O) groups excluding carboxylic acids is 1. The van der Waals surface area contributed by atoms with Gasteiger partial charge in [-0.1, -0.05) is 63.5 Å². The second kappa shape index (κ2) is 5.95. The molecule has 0 aliphatic rings. The van der Waals surface area contributed by atoms with Crippen LogP contribution in [0.3, 0.4) is 0 Å². The minimum atomic E-state index is -1.33. The summed E-state index contributed by atoms with van der Waals surface area (Å²) in [6.07, 6.45) is 0. The Labute approximate surface area is 124 Å². The number of carbonyl (C=O) groups is 1. The number of hydrogen-bond acceptors (Lipinski definition) is 2. The van der Waals surface area contributed by atoms with Crippen molar-refractivity contribution in [2.45, 2.75) is 45.8 Å². The maximum absolute atomic E-state index is 11.2. The van der Waals surface area contributed by atoms with E-state index in [-0.39, 0.29) is 5.12 Å². The number of nitrogens with zero attached hydrogens (tertiary/aromatic N) is 1. The lowest BCUT2D eigenvalue weighted by Crippen LogP contribution is -2.58. The smallest absolute Gasteiger partial charge is 0.216 e. The second-order valence-corrected chi connectivity index (χ2v) is 17.5. The van der Waals surface area contributed by atoms with Crippen LogP contribution in [-0.2, 0) is 6.54 Å². The predicted molar refractivity (Wildman–Crippen MR) is 92.0 cm³/mol. The molecule has 0 bridgehead atoms. The summed E-state index contributed by atoms with van der Waals surface area (Å²) in [6, 6.07) is 7.85. The van der Waals surface area contributed by atoms with Gasteiger partial charge in [0.15, 0.2) is 0 Å². The molecule has 0 fully saturated rings. The molecule has 0 N–H and O–H groups in total. The van der Waals surface area contributed by atoms with Crippen molar-refractivity contribution < 1.29 is 4.79 Å². The van der Waals surface area contributed by atoms with Crippen molar-refractivity contribution in [3.8, 4) is 0 Å². The van der Waals surface area contributed by atoms with Gasteiger partial charge >= 0.3 is 0 Å². The van der Waals surface area contributed by atoms with E-state index in [1.54, 1.807) is 0 Å². The third-order valence-corrected chi connectivity index (χ3v) is 11.0. The Balaban J connectivity index is 2.95. The molecule has 0 heterocycles. The Morgan fingerprint density at radius 1 is 1.00 bits per heavy atom. The lowest BCUT2D eigenvalue weighted by atomic mass is 10.1. The van der Waals surface area contributed by atoms with Gasteiger partial charge in [0, 0.05) is 12.1 Å². The standard InChI is InChI=1S/C14H25NOSSi2/c1-18(2,3)15(19(4,5)6)11-12-7-9-13(10-8-12)14(16)17/h7-10H,11H2,1-6H3,(H,16,17). The first-order valence-electron chi connectivity index (χ1n) is 6.62. The Morgan fingerprint density at radius 3 is 1.74 bits per heavy atom. The molecule has 0 saturated heterocycles. The molecule has 0 atom stereocenters. The zero-order valence-corrected chi connectivity index (χ0v) is 15.7. The van der Waals surface area contributed by atoms with Crippen molar-refractivity contribution >= 4 is 34.2 Å². The summed E-state index contributed by atoms with van der Waals surface area (Å²) in [5, 5.41) is -0.168. The van der Waals surface area contributed by atoms with Crippen molar-refractivity contribution in [2.24, 2.45) is 0 Å². The molecule has 0 spiro atoms. The molecule has 1 aromatic rings. The summed E-state index contributed by atoms with van der Waals surface area (Å²) >= 11 is 3.85. The number of rotatable bonds is 5. The summed E-state index contributed by atoms with van der Waals surface area (Å²) in [6.45, 7) is 15.4. The molecule has 0 saturated carbocycles. The van der Waals surface area contributed by atoms with Crippen molar-refractivity contribution in [1.29, 1.82) is 0 Å². The Morgan fingerprint density at radius 2 is 1.42 bits per heavy atom. The van der Waals surface area contributed by atoms with Crippen molar-refractivity contribution in [1.82, 2.24) is 4.23 Å². The SMILES string of the molecule is C[Si](C)(C)N(Cc1ccc(C(=O)S)cc1)[Si](C)(C)C. The van der Waals surface area contributed by atoms with Crippen molar-refractivity contribution in [2.75, 3.05) is 0 Å². The van der Waals surface area contributed by atoms with E-state index in [4.69, 9.17) is 0 Å². The first-order valence-corrected chi connectivity index (χ1v) is 14.0. The lowest BCUT2D eigenvalue weighted by molar-refractivity contribution is 0.109. The maximum atomic E-state index is 11.2. The molecule has 1 rings (SSSR count). The van der Waals surface area contributed by atoms with E-state index in [2.05, 4.69) is 68.3 Å². The highest BCUT2D eigenvalue weighted by atomic mass is 32.1. The van der Waals surface area contributed by atoms with E-state index in [9.17, 15) is 4.79 Å². The van der Waals surface area contributed by atoms with Crippen LogP contribution in [0.25, 0.3) is 0 Å². The third kappa shape index (κ3) is 4.91. The topological polar surface area (TPSA) is 20.3 Å². The van der Waals surface area contributed by atoms with Crippen LogP contribution in [0.2, 0.25) is 39.3 Å². The van der Waals surface area contributed by atoms with Crippen LogP contribution in [0, 0.1) is 0 Å². The molecule has 0 radical (unpaired) electrons. The van der Waals surface area contributed by atoms with E-state index in [0.717, 1.165) is 6.54 Å². The molecule has 0 amide bonds. The Hall–Kier alpha value is -0.366. The number of thiol groups is 1. The third-order valence-electron chi connectivity index (χ3n) is 3.16. The highest BCUT2D eigenvalue weighted by Crippen LogP contribution is 2.23. The first-order chi connectivity index (χ1) is 8.51. The number of hydrogen-bond donors (Lipinski definition) is 1. The second-order valence-electron chi connectivity index (χ2n) is 6.93. The largest absolute Gasteiger partial charge is 0.342 e. The van der Waals surface area contributed by atoms with Gasteiger partial charge in [0.1, 0.15) is 16.5 Å². The summed E-state index contributed by atoms with van der Waals surface area (Å²) in [7, 11) is -2.65. The van der Waals surface area contributed by atoms with Gasteiger partial charge in [-0.05, 0) is 5.56 Å². The van der Waals surface area contributed by atoms with E-state index >= 15 is 0 Å². The van der Waals surface area contributed by atoms with Gasteiger partial charge in [0.2, 0.25) is 5.12 Å². The fraction of sp³-hybridized carbons (Fsp3) is 0.500. The molecule has 0 unspecified atom stereocenters. The minimum absolute atomic E-state index is 0.168. The fourth-order valence-corrected chi connectivity index (χ4v) is 11.9. The van der Waals surface area contributed by atoms with E-state index in [0.29, 0.717) is 5.56 Å². The monoisotopic (exact) mass is 311 g/mol. The lowest BCUT2D eigenvalue weighted by Gasteiger charge is -2.43. The fourth-order valence-electron chi connectivity index (χ4n) is 2.42. The van der Waals surface area contributed by atoms with Crippen LogP contribution >= 0.6 is 12.6 Å². The van der Waals surface area contributed by atoms with Gasteiger partial charge in [-0.15, -0.1) is 12.6 Å². The van der Waals surface area contributed by atoms with Crippen molar-refractivity contribution in [3.05, 3.63) is 35.4 Å². The number of benzene rings is 1. The van der Waals surface area contributed by atoms with E-state index < -0.39 is 16.5 Å². The van der Waals surface area contributed by atoms with Gasteiger partial charge in [-0.3, -0.25) is 4.79 Å². The van der Waals surface area contributed by atoms with Gasteiger partial charge in [0.05, 0.1) is 0 Å². The zero-order valence-electron chi connectivity index (χ0n) is 12.8. The predicted octanol–water partition coefficient (Wildman–Crippen LogP) is 4.23. The molecule has 5 heteroatoms.